The molecule has 19 heavy (non-hydrogen) atoms. The Balaban J connectivity index is 1.78. The molecule has 0 saturated heterocycles. The Labute approximate surface area is 132 Å². The van der Waals surface area contributed by atoms with Crippen molar-refractivity contribution in [2.45, 2.75) is 49.5 Å². The van der Waals surface area contributed by atoms with E-state index in [0.29, 0.717) is 20.3 Å². The molecule has 1 aromatic carbocycles. The molecular formula is C15H17BrCl2O. The van der Waals surface area contributed by atoms with Crippen LogP contribution in [0.15, 0.2) is 18.2 Å². The van der Waals surface area contributed by atoms with Crippen LogP contribution in [0, 0.1) is 5.41 Å². The lowest BCUT2D eigenvalue weighted by Crippen LogP contribution is -2.57. The van der Waals surface area contributed by atoms with Gasteiger partial charge in [0.05, 0.1) is 5.02 Å². The van der Waals surface area contributed by atoms with Crippen molar-refractivity contribution in [1.29, 1.82) is 0 Å². The maximum absolute atomic E-state index is 6.19. The van der Waals surface area contributed by atoms with E-state index in [2.05, 4.69) is 15.9 Å². The second-order valence-corrected chi connectivity index (χ2v) is 7.63. The minimum Gasteiger partial charge on any atom is -0.488 e. The Hall–Kier alpha value is 0.0800. The average Bonchev–Trinajstić information content (AvgIpc) is 2.43. The summed E-state index contributed by atoms with van der Waals surface area (Å²) in [5.74, 6) is 0.725. The third kappa shape index (κ3) is 2.52. The van der Waals surface area contributed by atoms with Crippen molar-refractivity contribution >= 4 is 39.1 Å². The molecule has 1 aromatic rings. The molecule has 2 unspecified atom stereocenters. The van der Waals surface area contributed by atoms with Crippen LogP contribution in [0.5, 0.6) is 5.75 Å². The second-order valence-electron chi connectivity index (χ2n) is 5.68. The monoisotopic (exact) mass is 362 g/mol. The zero-order chi connectivity index (χ0) is 13.5. The zero-order valence-electron chi connectivity index (χ0n) is 10.7. The SMILES string of the molecule is Clc1ccc(Cl)c(OC2CC(Br)C23CCCCC3)c1. The molecule has 0 N–H and O–H groups in total. The van der Waals surface area contributed by atoms with Crippen LogP contribution < -0.4 is 4.74 Å². The minimum absolute atomic E-state index is 0.271. The Bertz CT molecular complexity index is 471. The molecule has 2 atom stereocenters. The van der Waals surface area contributed by atoms with Crippen molar-refractivity contribution in [1.82, 2.24) is 0 Å². The summed E-state index contributed by atoms with van der Waals surface area (Å²) in [4.78, 5) is 0.586. The van der Waals surface area contributed by atoms with E-state index in [1.54, 1.807) is 12.1 Å². The summed E-state index contributed by atoms with van der Waals surface area (Å²) in [6.45, 7) is 0. The number of halogens is 3. The molecule has 104 valence electrons. The van der Waals surface area contributed by atoms with Gasteiger partial charge in [-0.3, -0.25) is 0 Å². The van der Waals surface area contributed by atoms with Crippen molar-refractivity contribution in [2.24, 2.45) is 5.41 Å². The molecule has 0 aromatic heterocycles. The predicted molar refractivity (Wildman–Crippen MR) is 83.7 cm³/mol. The fourth-order valence-corrected chi connectivity index (χ4v) is 4.85. The highest BCUT2D eigenvalue weighted by Crippen LogP contribution is 2.56. The van der Waals surface area contributed by atoms with Crippen LogP contribution in [-0.2, 0) is 0 Å². The van der Waals surface area contributed by atoms with Crippen LogP contribution in [0.2, 0.25) is 10.0 Å². The Morgan fingerprint density at radius 2 is 1.89 bits per heavy atom. The number of alkyl halides is 1. The van der Waals surface area contributed by atoms with Crippen molar-refractivity contribution in [3.8, 4) is 5.75 Å². The second kappa shape index (κ2) is 5.46. The first kappa shape index (κ1) is 14.0. The van der Waals surface area contributed by atoms with E-state index >= 15 is 0 Å². The van der Waals surface area contributed by atoms with E-state index in [4.69, 9.17) is 27.9 Å². The van der Waals surface area contributed by atoms with E-state index in [1.165, 1.54) is 32.1 Å². The first-order valence-electron chi connectivity index (χ1n) is 6.87. The van der Waals surface area contributed by atoms with Gasteiger partial charge in [0.25, 0.3) is 0 Å². The van der Waals surface area contributed by atoms with E-state index < -0.39 is 0 Å². The summed E-state index contributed by atoms with van der Waals surface area (Å²) in [6.07, 6.45) is 7.82. The minimum atomic E-state index is 0.271. The average molecular weight is 364 g/mol. The number of rotatable bonds is 2. The van der Waals surface area contributed by atoms with E-state index in [0.717, 1.165) is 12.2 Å². The van der Waals surface area contributed by atoms with Crippen molar-refractivity contribution in [3.05, 3.63) is 28.2 Å². The summed E-state index contributed by atoms with van der Waals surface area (Å²) in [6, 6.07) is 5.42. The lowest BCUT2D eigenvalue weighted by atomic mass is 9.58. The third-order valence-electron chi connectivity index (χ3n) is 4.63. The van der Waals surface area contributed by atoms with E-state index in [1.807, 2.05) is 6.07 Å². The number of benzene rings is 1. The Morgan fingerprint density at radius 3 is 2.58 bits per heavy atom. The molecule has 2 aliphatic carbocycles. The maximum Gasteiger partial charge on any atom is 0.139 e. The van der Waals surface area contributed by atoms with Gasteiger partial charge in [-0.2, -0.15) is 0 Å². The number of hydrogen-bond donors (Lipinski definition) is 0. The normalized spacial score (nSPS) is 29.0. The van der Waals surface area contributed by atoms with Crippen LogP contribution >= 0.6 is 39.1 Å². The molecule has 0 radical (unpaired) electrons. The maximum atomic E-state index is 6.19. The third-order valence-corrected chi connectivity index (χ3v) is 6.47. The summed E-state index contributed by atoms with van der Waals surface area (Å²) < 4.78 is 6.18. The number of ether oxygens (including phenoxy) is 1. The van der Waals surface area contributed by atoms with Crippen LogP contribution in [0.4, 0.5) is 0 Å². The van der Waals surface area contributed by atoms with Crippen molar-refractivity contribution in [2.75, 3.05) is 0 Å². The topological polar surface area (TPSA) is 9.23 Å². The van der Waals surface area contributed by atoms with Crippen LogP contribution in [0.3, 0.4) is 0 Å². The smallest absolute Gasteiger partial charge is 0.139 e. The molecule has 0 heterocycles. The van der Waals surface area contributed by atoms with Crippen LogP contribution in [0.25, 0.3) is 0 Å². The molecule has 2 aliphatic rings. The Kier molecular flexibility index (Phi) is 4.03. The predicted octanol–water partition coefficient (Wildman–Crippen LogP) is 5.86. The summed E-state index contributed by atoms with van der Waals surface area (Å²) in [5.41, 5.74) is 0.309. The molecular weight excluding hydrogens is 347 g/mol. The van der Waals surface area contributed by atoms with Gasteiger partial charge < -0.3 is 4.74 Å². The van der Waals surface area contributed by atoms with Gasteiger partial charge in [0.2, 0.25) is 0 Å². The zero-order valence-corrected chi connectivity index (χ0v) is 13.8. The first-order valence-corrected chi connectivity index (χ1v) is 8.55. The molecule has 0 amide bonds. The van der Waals surface area contributed by atoms with Gasteiger partial charge in [-0.15, -0.1) is 0 Å². The van der Waals surface area contributed by atoms with Gasteiger partial charge in [-0.05, 0) is 31.4 Å². The molecule has 2 fully saturated rings. The van der Waals surface area contributed by atoms with E-state index in [9.17, 15) is 0 Å². The molecule has 1 spiro atoms. The largest absolute Gasteiger partial charge is 0.488 e. The molecule has 1 nitrogen and oxygen atoms in total. The lowest BCUT2D eigenvalue weighted by Gasteiger charge is -2.55. The van der Waals surface area contributed by atoms with E-state index in [-0.39, 0.29) is 6.10 Å². The fraction of sp³-hybridized carbons (Fsp3) is 0.600. The van der Waals surface area contributed by atoms with Gasteiger partial charge in [0, 0.05) is 21.3 Å². The highest BCUT2D eigenvalue weighted by molar-refractivity contribution is 9.09. The summed E-state index contributed by atoms with van der Waals surface area (Å²) in [5, 5.41) is 1.32. The standard InChI is InChI=1S/C15H17BrCl2O/c16-13-9-14(15(13)6-2-1-3-7-15)19-12-8-10(17)4-5-11(12)18/h4-5,8,13-14H,1-3,6-7,9H2. The van der Waals surface area contributed by atoms with Gasteiger partial charge in [0.15, 0.2) is 0 Å². The van der Waals surface area contributed by atoms with Crippen LogP contribution in [-0.4, -0.2) is 10.9 Å². The van der Waals surface area contributed by atoms with Gasteiger partial charge in [0.1, 0.15) is 11.9 Å². The highest BCUT2D eigenvalue weighted by Gasteiger charge is 2.55. The fourth-order valence-electron chi connectivity index (χ4n) is 3.43. The van der Waals surface area contributed by atoms with Gasteiger partial charge in [-0.25, -0.2) is 0 Å². The number of hydrogen-bond acceptors (Lipinski definition) is 1. The highest BCUT2D eigenvalue weighted by atomic mass is 79.9. The molecule has 3 rings (SSSR count). The molecule has 0 aliphatic heterocycles. The summed E-state index contributed by atoms with van der Waals surface area (Å²) >= 11 is 16.0. The molecule has 4 heteroatoms. The quantitative estimate of drug-likeness (QED) is 0.598. The summed E-state index contributed by atoms with van der Waals surface area (Å²) in [7, 11) is 0. The van der Waals surface area contributed by atoms with Crippen LogP contribution in [0.1, 0.15) is 38.5 Å². The van der Waals surface area contributed by atoms with Gasteiger partial charge in [-0.1, -0.05) is 58.4 Å². The van der Waals surface area contributed by atoms with Crippen molar-refractivity contribution < 1.29 is 4.74 Å². The molecule has 0 bridgehead atoms. The molecule has 2 saturated carbocycles. The van der Waals surface area contributed by atoms with Gasteiger partial charge >= 0.3 is 0 Å². The van der Waals surface area contributed by atoms with Crippen molar-refractivity contribution in [3.63, 3.8) is 0 Å². The Morgan fingerprint density at radius 1 is 1.16 bits per heavy atom. The lowest BCUT2D eigenvalue weighted by molar-refractivity contribution is -0.0600. The first-order chi connectivity index (χ1) is 9.12.